The van der Waals surface area contributed by atoms with Crippen molar-refractivity contribution in [1.29, 1.82) is 0 Å². The number of nitrogens with zero attached hydrogens (tertiary/aromatic N) is 4. The number of aryl methyl sites for hydroxylation is 1. The van der Waals surface area contributed by atoms with E-state index in [0.29, 0.717) is 6.54 Å². The predicted octanol–water partition coefficient (Wildman–Crippen LogP) is 0.804. The smallest absolute Gasteiger partial charge is 0.241 e. The van der Waals surface area contributed by atoms with Crippen molar-refractivity contribution in [3.05, 3.63) is 11.4 Å². The van der Waals surface area contributed by atoms with Crippen molar-refractivity contribution in [3.63, 3.8) is 0 Å². The molecule has 104 valence electrons. The molecule has 6 heteroatoms. The first-order valence-electron chi connectivity index (χ1n) is 6.55. The molecule has 0 unspecified atom stereocenters. The monoisotopic (exact) mass is 263 g/mol. The molecule has 19 heavy (non-hydrogen) atoms. The molecule has 6 nitrogen and oxygen atoms in total. The Morgan fingerprint density at radius 1 is 1.21 bits per heavy atom. The summed E-state index contributed by atoms with van der Waals surface area (Å²) < 4.78 is 0. The lowest BCUT2D eigenvalue weighted by atomic mass is 10.2. The number of carbonyl (C=O) groups is 1. The van der Waals surface area contributed by atoms with E-state index in [2.05, 4.69) is 20.2 Å². The minimum absolute atomic E-state index is 0.138. The van der Waals surface area contributed by atoms with Crippen molar-refractivity contribution in [3.8, 4) is 0 Å². The Bertz CT molecular complexity index is 488. The van der Waals surface area contributed by atoms with Crippen molar-refractivity contribution in [2.75, 3.05) is 43.9 Å². The first-order valence-corrected chi connectivity index (χ1v) is 6.55. The molecule has 0 aromatic carbocycles. The van der Waals surface area contributed by atoms with E-state index in [1.165, 1.54) is 0 Å². The highest BCUT2D eigenvalue weighted by Crippen LogP contribution is 2.24. The van der Waals surface area contributed by atoms with Gasteiger partial charge < -0.3 is 15.1 Å². The van der Waals surface area contributed by atoms with Crippen LogP contribution in [-0.4, -0.2) is 54.5 Å². The maximum absolute atomic E-state index is 12.0. The topological polar surface area (TPSA) is 61.4 Å². The molecule has 0 saturated carbocycles. The Morgan fingerprint density at radius 2 is 1.95 bits per heavy atom. The van der Waals surface area contributed by atoms with Gasteiger partial charge in [0.2, 0.25) is 5.91 Å². The van der Waals surface area contributed by atoms with Crippen LogP contribution < -0.4 is 10.2 Å². The lowest BCUT2D eigenvalue weighted by Gasteiger charge is -2.23. The number of anilines is 2. The van der Waals surface area contributed by atoms with Crippen LogP contribution in [0.2, 0.25) is 0 Å². The second-order valence-corrected chi connectivity index (χ2v) is 4.91. The van der Waals surface area contributed by atoms with Gasteiger partial charge in [-0.15, -0.1) is 0 Å². The largest absolute Gasteiger partial charge is 0.373 e. The number of amides is 1. The molecule has 0 radical (unpaired) electrons. The van der Waals surface area contributed by atoms with Gasteiger partial charge in [-0.2, -0.15) is 0 Å². The van der Waals surface area contributed by atoms with Crippen LogP contribution in [0, 0.1) is 13.8 Å². The molecular formula is C13H21N5O. The Kier molecular flexibility index (Phi) is 3.87. The van der Waals surface area contributed by atoms with E-state index in [1.54, 1.807) is 4.90 Å². The molecule has 2 rings (SSSR count). The lowest BCUT2D eigenvalue weighted by molar-refractivity contribution is -0.127. The summed E-state index contributed by atoms with van der Waals surface area (Å²) in [7, 11) is 3.70. The second-order valence-electron chi connectivity index (χ2n) is 4.91. The number of nitrogens with one attached hydrogen (secondary N) is 1. The molecule has 0 spiro atoms. The van der Waals surface area contributed by atoms with Gasteiger partial charge in [-0.1, -0.05) is 0 Å². The van der Waals surface area contributed by atoms with Crippen LogP contribution in [0.5, 0.6) is 0 Å². The zero-order chi connectivity index (χ0) is 14.0. The maximum atomic E-state index is 12.0. The van der Waals surface area contributed by atoms with Gasteiger partial charge in [-0.25, -0.2) is 9.97 Å². The van der Waals surface area contributed by atoms with E-state index < -0.39 is 0 Å². The van der Waals surface area contributed by atoms with Gasteiger partial charge in [0.25, 0.3) is 0 Å². The van der Waals surface area contributed by atoms with Gasteiger partial charge in [0.15, 0.2) is 0 Å². The molecule has 2 heterocycles. The number of carbonyl (C=O) groups excluding carboxylic acids is 1. The summed E-state index contributed by atoms with van der Waals surface area (Å²) in [6.07, 6.45) is 0.958. The fourth-order valence-corrected chi connectivity index (χ4v) is 2.33. The van der Waals surface area contributed by atoms with Gasteiger partial charge in [0.1, 0.15) is 17.5 Å². The number of hydrogen-bond acceptors (Lipinski definition) is 5. The summed E-state index contributed by atoms with van der Waals surface area (Å²) in [5.74, 6) is 2.54. The molecule has 1 aromatic rings. The summed E-state index contributed by atoms with van der Waals surface area (Å²) in [5.41, 5.74) is 0.991. The standard InChI is InChI=1S/C13H21N5O/c1-9-12(14-3)15-10(2)16-13(9)18-7-5-6-17(4)11(19)8-18/h5-8H2,1-4H3,(H,14,15,16). The molecule has 1 aromatic heterocycles. The minimum Gasteiger partial charge on any atom is -0.373 e. The predicted molar refractivity (Wildman–Crippen MR) is 75.5 cm³/mol. The fraction of sp³-hybridized carbons (Fsp3) is 0.615. The van der Waals surface area contributed by atoms with Crippen molar-refractivity contribution >= 4 is 17.5 Å². The summed E-state index contributed by atoms with van der Waals surface area (Å²) in [6.45, 7) is 5.89. The molecule has 1 fully saturated rings. The van der Waals surface area contributed by atoms with E-state index >= 15 is 0 Å². The van der Waals surface area contributed by atoms with Crippen LogP contribution in [-0.2, 0) is 4.79 Å². The third-order valence-corrected chi connectivity index (χ3v) is 3.44. The Hall–Kier alpha value is -1.85. The summed E-state index contributed by atoms with van der Waals surface area (Å²) >= 11 is 0. The highest BCUT2D eigenvalue weighted by molar-refractivity contribution is 5.82. The van der Waals surface area contributed by atoms with Crippen LogP contribution >= 0.6 is 0 Å². The first-order chi connectivity index (χ1) is 9.02. The molecule has 1 amide bonds. The van der Waals surface area contributed by atoms with Gasteiger partial charge in [0.05, 0.1) is 6.54 Å². The normalized spacial score (nSPS) is 16.5. The van der Waals surface area contributed by atoms with Crippen LogP contribution in [0.15, 0.2) is 0 Å². The SMILES string of the molecule is CNc1nc(C)nc(N2CCCN(C)C(=O)C2)c1C. The van der Waals surface area contributed by atoms with Gasteiger partial charge in [-0.3, -0.25) is 4.79 Å². The third-order valence-electron chi connectivity index (χ3n) is 3.44. The number of aromatic nitrogens is 2. The van der Waals surface area contributed by atoms with E-state index in [4.69, 9.17) is 0 Å². The zero-order valence-corrected chi connectivity index (χ0v) is 12.0. The fourth-order valence-electron chi connectivity index (χ4n) is 2.33. The Morgan fingerprint density at radius 3 is 2.63 bits per heavy atom. The molecule has 0 bridgehead atoms. The van der Waals surface area contributed by atoms with Crippen LogP contribution in [0.3, 0.4) is 0 Å². The van der Waals surface area contributed by atoms with Gasteiger partial charge in [0, 0.05) is 32.7 Å². The molecule has 1 aliphatic rings. The van der Waals surface area contributed by atoms with Crippen molar-refractivity contribution < 1.29 is 4.79 Å². The van der Waals surface area contributed by atoms with E-state index in [0.717, 1.165) is 42.5 Å². The second kappa shape index (κ2) is 5.42. The highest BCUT2D eigenvalue weighted by Gasteiger charge is 2.22. The quantitative estimate of drug-likeness (QED) is 0.855. The lowest BCUT2D eigenvalue weighted by Crippen LogP contribution is -2.35. The van der Waals surface area contributed by atoms with Crippen LogP contribution in [0.25, 0.3) is 0 Å². The Balaban J connectivity index is 2.35. The average molecular weight is 263 g/mol. The minimum atomic E-state index is 0.138. The summed E-state index contributed by atoms with van der Waals surface area (Å²) in [4.78, 5) is 24.7. The maximum Gasteiger partial charge on any atom is 0.241 e. The molecule has 1 N–H and O–H groups in total. The zero-order valence-electron chi connectivity index (χ0n) is 12.0. The van der Waals surface area contributed by atoms with E-state index in [9.17, 15) is 4.79 Å². The summed E-state index contributed by atoms with van der Waals surface area (Å²) in [5, 5.41) is 3.08. The van der Waals surface area contributed by atoms with Crippen molar-refractivity contribution in [2.45, 2.75) is 20.3 Å². The van der Waals surface area contributed by atoms with E-state index in [1.807, 2.05) is 27.9 Å². The molecule has 1 saturated heterocycles. The number of likely N-dealkylation sites (N-methyl/N-ethyl adjacent to an activating group) is 1. The van der Waals surface area contributed by atoms with Gasteiger partial charge >= 0.3 is 0 Å². The van der Waals surface area contributed by atoms with Crippen molar-refractivity contribution in [1.82, 2.24) is 14.9 Å². The molecular weight excluding hydrogens is 242 g/mol. The highest BCUT2D eigenvalue weighted by atomic mass is 16.2. The first kappa shape index (κ1) is 13.6. The number of hydrogen-bond donors (Lipinski definition) is 1. The van der Waals surface area contributed by atoms with Crippen LogP contribution in [0.1, 0.15) is 17.8 Å². The number of rotatable bonds is 2. The van der Waals surface area contributed by atoms with Crippen LogP contribution in [0.4, 0.5) is 11.6 Å². The molecule has 0 aliphatic carbocycles. The van der Waals surface area contributed by atoms with Gasteiger partial charge in [-0.05, 0) is 20.3 Å². The third kappa shape index (κ3) is 2.77. The molecule has 0 atom stereocenters. The Labute approximate surface area is 113 Å². The average Bonchev–Trinajstić information content (AvgIpc) is 2.54. The molecule has 1 aliphatic heterocycles. The van der Waals surface area contributed by atoms with E-state index in [-0.39, 0.29) is 5.91 Å². The summed E-state index contributed by atoms with van der Waals surface area (Å²) in [6, 6.07) is 0. The van der Waals surface area contributed by atoms with Crippen molar-refractivity contribution in [2.24, 2.45) is 0 Å².